The number of hydrogen-bond acceptors (Lipinski definition) is 7. The van der Waals surface area contributed by atoms with E-state index >= 15 is 0 Å². The first-order valence-electron chi connectivity index (χ1n) is 9.18. The molecule has 0 aromatic carbocycles. The molecule has 0 amide bonds. The van der Waals surface area contributed by atoms with Gasteiger partial charge in [-0.05, 0) is 19.1 Å². The van der Waals surface area contributed by atoms with Crippen LogP contribution in [0.1, 0.15) is 16.4 Å². The summed E-state index contributed by atoms with van der Waals surface area (Å²) in [4.78, 5) is 13.9. The molecule has 2 fully saturated rings. The molecular formula is C19H26N4O2S. The van der Waals surface area contributed by atoms with E-state index in [9.17, 15) is 0 Å². The van der Waals surface area contributed by atoms with Crippen molar-refractivity contribution in [3.63, 3.8) is 0 Å². The Labute approximate surface area is 158 Å². The smallest absolute Gasteiger partial charge is 0.117 e. The normalized spacial score (nSPS) is 25.4. The number of nitrogens with zero attached hydrogens (tertiary/aromatic N) is 4. The van der Waals surface area contributed by atoms with Crippen LogP contribution in [0.25, 0.3) is 0 Å². The fourth-order valence-electron chi connectivity index (χ4n) is 3.79. The second-order valence-corrected chi connectivity index (χ2v) is 8.25. The Bertz CT molecular complexity index is 711. The summed E-state index contributed by atoms with van der Waals surface area (Å²) in [7, 11) is 0. The standard InChI is InChI=1S/C19H26N4O2S/c1-16-21-18(12-26-16)11-22-6-8-24-15-19(13-22)14-23(7-9-25-19)10-17-4-2-3-5-20-17/h2-5,12H,6-11,13-15H2,1H3. The maximum atomic E-state index is 6.28. The summed E-state index contributed by atoms with van der Waals surface area (Å²) in [5.41, 5.74) is 1.98. The van der Waals surface area contributed by atoms with Crippen LogP contribution >= 0.6 is 11.3 Å². The summed E-state index contributed by atoms with van der Waals surface area (Å²) in [5, 5.41) is 3.28. The van der Waals surface area contributed by atoms with Crippen molar-refractivity contribution in [2.45, 2.75) is 25.6 Å². The number of morpholine rings is 1. The van der Waals surface area contributed by atoms with Gasteiger partial charge in [0, 0.05) is 50.8 Å². The molecule has 2 aromatic heterocycles. The molecule has 1 spiro atoms. The molecule has 2 aliphatic rings. The summed E-state index contributed by atoms with van der Waals surface area (Å²) >= 11 is 1.71. The van der Waals surface area contributed by atoms with Crippen LogP contribution in [-0.2, 0) is 22.6 Å². The lowest BCUT2D eigenvalue weighted by Crippen LogP contribution is -2.58. The van der Waals surface area contributed by atoms with Gasteiger partial charge in [0.2, 0.25) is 0 Å². The first-order valence-corrected chi connectivity index (χ1v) is 10.1. The molecule has 7 heteroatoms. The van der Waals surface area contributed by atoms with Gasteiger partial charge in [0.25, 0.3) is 0 Å². The Kier molecular flexibility index (Phi) is 5.61. The molecule has 6 nitrogen and oxygen atoms in total. The third-order valence-electron chi connectivity index (χ3n) is 4.92. The molecule has 2 aliphatic heterocycles. The molecule has 0 radical (unpaired) electrons. The summed E-state index contributed by atoms with van der Waals surface area (Å²) < 4.78 is 12.2. The second kappa shape index (κ2) is 8.10. The number of hydrogen-bond donors (Lipinski definition) is 0. The van der Waals surface area contributed by atoms with Gasteiger partial charge in [-0.3, -0.25) is 14.8 Å². The van der Waals surface area contributed by atoms with Gasteiger partial charge in [-0.1, -0.05) is 6.07 Å². The molecule has 0 saturated carbocycles. The molecule has 140 valence electrons. The number of aromatic nitrogens is 2. The second-order valence-electron chi connectivity index (χ2n) is 7.18. The highest BCUT2D eigenvalue weighted by atomic mass is 32.1. The molecular weight excluding hydrogens is 348 g/mol. The average Bonchev–Trinajstić information content (AvgIpc) is 2.94. The quantitative estimate of drug-likeness (QED) is 0.815. The Morgan fingerprint density at radius 2 is 1.92 bits per heavy atom. The number of ether oxygens (including phenoxy) is 2. The van der Waals surface area contributed by atoms with Crippen molar-refractivity contribution in [3.8, 4) is 0 Å². The molecule has 4 heterocycles. The van der Waals surface area contributed by atoms with Crippen molar-refractivity contribution in [2.75, 3.05) is 46.0 Å². The van der Waals surface area contributed by atoms with Crippen molar-refractivity contribution in [1.82, 2.24) is 19.8 Å². The van der Waals surface area contributed by atoms with E-state index in [-0.39, 0.29) is 5.60 Å². The Hall–Kier alpha value is -1.38. The van der Waals surface area contributed by atoms with Crippen LogP contribution in [0.15, 0.2) is 29.8 Å². The van der Waals surface area contributed by atoms with E-state index in [4.69, 9.17) is 9.47 Å². The van der Waals surface area contributed by atoms with Crippen LogP contribution in [0.2, 0.25) is 0 Å². The van der Waals surface area contributed by atoms with E-state index in [1.807, 2.05) is 18.3 Å². The SMILES string of the molecule is Cc1nc(CN2CCOCC3(CN(Cc4ccccn4)CCO3)C2)cs1. The Balaban J connectivity index is 1.43. The summed E-state index contributed by atoms with van der Waals surface area (Å²) in [5.74, 6) is 0. The molecule has 0 N–H and O–H groups in total. The first-order chi connectivity index (χ1) is 12.7. The minimum absolute atomic E-state index is 0.269. The lowest BCUT2D eigenvalue weighted by Gasteiger charge is -2.43. The molecule has 0 aliphatic carbocycles. The fourth-order valence-corrected chi connectivity index (χ4v) is 4.39. The van der Waals surface area contributed by atoms with Gasteiger partial charge in [-0.2, -0.15) is 0 Å². The third kappa shape index (κ3) is 4.47. The van der Waals surface area contributed by atoms with Crippen molar-refractivity contribution in [3.05, 3.63) is 46.2 Å². The zero-order valence-electron chi connectivity index (χ0n) is 15.3. The maximum Gasteiger partial charge on any atom is 0.117 e. The maximum absolute atomic E-state index is 6.28. The molecule has 1 atom stereocenters. The predicted molar refractivity (Wildman–Crippen MR) is 101 cm³/mol. The molecule has 1 unspecified atom stereocenters. The molecule has 0 bridgehead atoms. The topological polar surface area (TPSA) is 50.7 Å². The van der Waals surface area contributed by atoms with E-state index in [0.29, 0.717) is 6.61 Å². The van der Waals surface area contributed by atoms with Crippen molar-refractivity contribution in [2.24, 2.45) is 0 Å². The van der Waals surface area contributed by atoms with Gasteiger partial charge >= 0.3 is 0 Å². The highest BCUT2D eigenvalue weighted by Crippen LogP contribution is 2.24. The van der Waals surface area contributed by atoms with Gasteiger partial charge in [0.1, 0.15) is 5.60 Å². The van der Waals surface area contributed by atoms with Crippen LogP contribution in [0, 0.1) is 6.92 Å². The lowest BCUT2D eigenvalue weighted by atomic mass is 10.0. The van der Waals surface area contributed by atoms with E-state index in [1.54, 1.807) is 11.3 Å². The van der Waals surface area contributed by atoms with Crippen LogP contribution in [-0.4, -0.2) is 71.4 Å². The van der Waals surface area contributed by atoms with Crippen LogP contribution in [0.5, 0.6) is 0 Å². The fraction of sp³-hybridized carbons (Fsp3) is 0.579. The van der Waals surface area contributed by atoms with Gasteiger partial charge in [0.15, 0.2) is 0 Å². The van der Waals surface area contributed by atoms with Crippen molar-refractivity contribution in [1.29, 1.82) is 0 Å². The minimum atomic E-state index is -0.269. The molecule has 4 rings (SSSR count). The predicted octanol–water partition coefficient (Wildman–Crippen LogP) is 1.95. The summed E-state index contributed by atoms with van der Waals surface area (Å²) in [6.07, 6.45) is 1.86. The number of rotatable bonds is 4. The Morgan fingerprint density at radius 1 is 1.12 bits per heavy atom. The number of aryl methyl sites for hydroxylation is 1. The van der Waals surface area contributed by atoms with Gasteiger partial charge in [-0.25, -0.2) is 4.98 Å². The minimum Gasteiger partial charge on any atom is -0.377 e. The van der Waals surface area contributed by atoms with E-state index in [0.717, 1.165) is 68.9 Å². The summed E-state index contributed by atoms with van der Waals surface area (Å²) in [6.45, 7) is 9.51. The monoisotopic (exact) mass is 374 g/mol. The molecule has 2 saturated heterocycles. The number of pyridine rings is 1. The van der Waals surface area contributed by atoms with Crippen LogP contribution in [0.3, 0.4) is 0 Å². The Morgan fingerprint density at radius 3 is 2.65 bits per heavy atom. The largest absolute Gasteiger partial charge is 0.377 e. The van der Waals surface area contributed by atoms with E-state index in [2.05, 4.69) is 38.1 Å². The lowest BCUT2D eigenvalue weighted by molar-refractivity contribution is -0.143. The zero-order valence-corrected chi connectivity index (χ0v) is 16.1. The van der Waals surface area contributed by atoms with Crippen LogP contribution < -0.4 is 0 Å². The highest BCUT2D eigenvalue weighted by molar-refractivity contribution is 7.09. The van der Waals surface area contributed by atoms with E-state index in [1.165, 1.54) is 0 Å². The van der Waals surface area contributed by atoms with Crippen LogP contribution in [0.4, 0.5) is 0 Å². The third-order valence-corrected chi connectivity index (χ3v) is 5.74. The van der Waals surface area contributed by atoms with Crippen molar-refractivity contribution < 1.29 is 9.47 Å². The van der Waals surface area contributed by atoms with E-state index < -0.39 is 0 Å². The average molecular weight is 375 g/mol. The number of thiazole rings is 1. The highest BCUT2D eigenvalue weighted by Gasteiger charge is 2.40. The molecule has 2 aromatic rings. The van der Waals surface area contributed by atoms with Crippen molar-refractivity contribution >= 4 is 11.3 Å². The molecule has 26 heavy (non-hydrogen) atoms. The van der Waals surface area contributed by atoms with Gasteiger partial charge in [0.05, 0.1) is 36.2 Å². The van der Waals surface area contributed by atoms with Gasteiger partial charge in [-0.15, -0.1) is 11.3 Å². The zero-order chi connectivity index (χ0) is 17.8. The first kappa shape index (κ1) is 18.0. The van der Waals surface area contributed by atoms with Gasteiger partial charge < -0.3 is 9.47 Å². The summed E-state index contributed by atoms with van der Waals surface area (Å²) in [6, 6.07) is 6.09.